The minimum absolute atomic E-state index is 0.130. The highest BCUT2D eigenvalue weighted by molar-refractivity contribution is 6.30. The van der Waals surface area contributed by atoms with Gasteiger partial charge >= 0.3 is 5.97 Å². The van der Waals surface area contributed by atoms with Crippen LogP contribution in [0.2, 0.25) is 5.15 Å². The van der Waals surface area contributed by atoms with Gasteiger partial charge in [-0.2, -0.15) is 0 Å². The van der Waals surface area contributed by atoms with E-state index in [2.05, 4.69) is 26.8 Å². The molecule has 29 heavy (non-hydrogen) atoms. The van der Waals surface area contributed by atoms with Crippen LogP contribution in [0, 0.1) is 0 Å². The molecule has 2 fully saturated rings. The maximum atomic E-state index is 12.4. The molecule has 3 atom stereocenters. The van der Waals surface area contributed by atoms with E-state index in [1.165, 1.54) is 0 Å². The Bertz CT molecular complexity index is 899. The Hall–Kier alpha value is -1.92. The van der Waals surface area contributed by atoms with Gasteiger partial charge in [0.15, 0.2) is 0 Å². The van der Waals surface area contributed by atoms with E-state index in [4.69, 9.17) is 16.3 Å². The van der Waals surface area contributed by atoms with E-state index in [0.717, 1.165) is 42.4 Å². The molecule has 0 aliphatic carbocycles. The minimum atomic E-state index is -0.442. The van der Waals surface area contributed by atoms with Gasteiger partial charge in [-0.3, -0.25) is 14.7 Å². The number of esters is 1. The maximum absolute atomic E-state index is 12.4. The van der Waals surface area contributed by atoms with Crippen LogP contribution in [0.15, 0.2) is 24.4 Å². The van der Waals surface area contributed by atoms with Crippen LogP contribution in [-0.4, -0.2) is 58.2 Å². The standard InChI is InChI=1S/C22H29ClN4O2/c1-22(2,3)29-20(28)13-27-14-7-8-15(27)11-16(10-14)26(4)21-17-6-5-9-24-18(17)12-19(23)25-21/h5-6,9,12,14-16H,7-8,10-11,13H2,1-4H3/t14-,15+,16?. The number of pyridine rings is 2. The van der Waals surface area contributed by atoms with Crippen molar-refractivity contribution in [3.63, 3.8) is 0 Å². The van der Waals surface area contributed by atoms with Gasteiger partial charge in [-0.15, -0.1) is 0 Å². The molecule has 2 aliphatic heterocycles. The zero-order valence-electron chi connectivity index (χ0n) is 17.6. The molecular weight excluding hydrogens is 388 g/mol. The van der Waals surface area contributed by atoms with Crippen LogP contribution in [-0.2, 0) is 9.53 Å². The van der Waals surface area contributed by atoms with Crippen molar-refractivity contribution >= 4 is 34.3 Å². The summed E-state index contributed by atoms with van der Waals surface area (Å²) in [5.74, 6) is 0.750. The zero-order chi connectivity index (χ0) is 20.8. The summed E-state index contributed by atoms with van der Waals surface area (Å²) in [5, 5.41) is 1.48. The molecule has 156 valence electrons. The zero-order valence-corrected chi connectivity index (χ0v) is 18.3. The molecule has 4 rings (SSSR count). The van der Waals surface area contributed by atoms with E-state index < -0.39 is 5.60 Å². The van der Waals surface area contributed by atoms with Crippen molar-refractivity contribution in [2.24, 2.45) is 0 Å². The summed E-state index contributed by atoms with van der Waals surface area (Å²) < 4.78 is 5.55. The molecule has 2 saturated heterocycles. The molecule has 0 spiro atoms. The number of rotatable bonds is 4. The lowest BCUT2D eigenvalue weighted by atomic mass is 9.96. The number of hydrogen-bond acceptors (Lipinski definition) is 6. The summed E-state index contributed by atoms with van der Waals surface area (Å²) in [5.41, 5.74) is 0.418. The van der Waals surface area contributed by atoms with Gasteiger partial charge in [0.25, 0.3) is 0 Å². The Labute approximate surface area is 177 Å². The number of ether oxygens (including phenoxy) is 1. The Balaban J connectivity index is 1.50. The molecule has 0 aromatic carbocycles. The highest BCUT2D eigenvalue weighted by Gasteiger charge is 2.43. The molecule has 2 aromatic rings. The van der Waals surface area contributed by atoms with E-state index >= 15 is 0 Å². The predicted octanol–water partition coefficient (Wildman–Crippen LogP) is 4.06. The van der Waals surface area contributed by atoms with E-state index in [1.807, 2.05) is 32.9 Å². The van der Waals surface area contributed by atoms with Crippen molar-refractivity contribution in [1.82, 2.24) is 14.9 Å². The summed E-state index contributed by atoms with van der Waals surface area (Å²) >= 11 is 6.27. The van der Waals surface area contributed by atoms with Crippen LogP contribution in [0.5, 0.6) is 0 Å². The van der Waals surface area contributed by atoms with E-state index in [1.54, 1.807) is 12.3 Å². The van der Waals surface area contributed by atoms with Gasteiger partial charge in [-0.1, -0.05) is 11.6 Å². The number of aromatic nitrogens is 2. The number of carbonyl (C=O) groups excluding carboxylic acids is 1. The quantitative estimate of drug-likeness (QED) is 0.553. The molecule has 6 nitrogen and oxygen atoms in total. The van der Waals surface area contributed by atoms with E-state index in [0.29, 0.717) is 29.8 Å². The van der Waals surface area contributed by atoms with E-state index in [9.17, 15) is 4.79 Å². The average Bonchev–Trinajstić information content (AvgIpc) is 2.87. The van der Waals surface area contributed by atoms with Gasteiger partial charge in [0.05, 0.1) is 12.1 Å². The molecule has 2 bridgehead atoms. The van der Waals surface area contributed by atoms with Crippen molar-refractivity contribution in [3.8, 4) is 0 Å². The molecule has 0 amide bonds. The lowest BCUT2D eigenvalue weighted by Crippen LogP contribution is -2.51. The molecule has 0 N–H and O–H groups in total. The Kier molecular flexibility index (Phi) is 5.42. The number of piperidine rings is 1. The predicted molar refractivity (Wildman–Crippen MR) is 115 cm³/mol. The number of halogens is 1. The normalized spacial score (nSPS) is 24.7. The Morgan fingerprint density at radius 3 is 2.66 bits per heavy atom. The van der Waals surface area contributed by atoms with Gasteiger partial charge in [-0.05, 0) is 58.6 Å². The first-order valence-electron chi connectivity index (χ1n) is 10.3. The second kappa shape index (κ2) is 7.73. The number of anilines is 1. The fourth-order valence-electron chi connectivity index (χ4n) is 4.81. The van der Waals surface area contributed by atoms with Crippen LogP contribution in [0.4, 0.5) is 5.82 Å². The number of nitrogens with zero attached hydrogens (tertiary/aromatic N) is 4. The first kappa shape index (κ1) is 20.4. The number of hydrogen-bond donors (Lipinski definition) is 0. The SMILES string of the molecule is CN(c1nc(Cl)cc2ncccc12)C1C[C@H]2CC[C@@H](C1)N2CC(=O)OC(C)(C)C. The summed E-state index contributed by atoms with van der Waals surface area (Å²) in [7, 11) is 2.10. The molecule has 0 saturated carbocycles. The number of fused-ring (bicyclic) bond motifs is 3. The third kappa shape index (κ3) is 4.33. The van der Waals surface area contributed by atoms with Crippen molar-refractivity contribution in [3.05, 3.63) is 29.5 Å². The van der Waals surface area contributed by atoms with Crippen molar-refractivity contribution < 1.29 is 9.53 Å². The van der Waals surface area contributed by atoms with Gasteiger partial charge < -0.3 is 9.64 Å². The number of carbonyl (C=O) groups is 1. The molecule has 2 aromatic heterocycles. The molecule has 4 heterocycles. The van der Waals surface area contributed by atoms with Gasteiger partial charge in [0, 0.05) is 42.8 Å². The first-order chi connectivity index (χ1) is 13.7. The van der Waals surface area contributed by atoms with Gasteiger partial charge in [0.1, 0.15) is 16.6 Å². The first-order valence-corrected chi connectivity index (χ1v) is 10.7. The third-order valence-corrected chi connectivity index (χ3v) is 6.21. The van der Waals surface area contributed by atoms with Crippen LogP contribution < -0.4 is 4.90 Å². The summed E-state index contributed by atoms with van der Waals surface area (Å²) in [6, 6.07) is 6.94. The molecule has 1 unspecified atom stereocenters. The maximum Gasteiger partial charge on any atom is 0.320 e. The van der Waals surface area contributed by atoms with Crippen LogP contribution in [0.1, 0.15) is 46.5 Å². The average molecular weight is 417 g/mol. The Morgan fingerprint density at radius 2 is 2.00 bits per heavy atom. The third-order valence-electron chi connectivity index (χ3n) is 6.02. The monoisotopic (exact) mass is 416 g/mol. The van der Waals surface area contributed by atoms with Crippen LogP contribution in [0.25, 0.3) is 10.9 Å². The Morgan fingerprint density at radius 1 is 1.31 bits per heavy atom. The fourth-order valence-corrected chi connectivity index (χ4v) is 5.00. The second-order valence-electron chi connectivity index (χ2n) is 9.22. The molecular formula is C22H29ClN4O2. The lowest BCUT2D eigenvalue weighted by molar-refractivity contribution is -0.157. The topological polar surface area (TPSA) is 58.6 Å². The second-order valence-corrected chi connectivity index (χ2v) is 9.61. The fraction of sp³-hybridized carbons (Fsp3) is 0.591. The van der Waals surface area contributed by atoms with Crippen LogP contribution in [0.3, 0.4) is 0 Å². The largest absolute Gasteiger partial charge is 0.459 e. The van der Waals surface area contributed by atoms with Crippen molar-refractivity contribution in [2.45, 2.75) is 70.2 Å². The minimum Gasteiger partial charge on any atom is -0.459 e. The van der Waals surface area contributed by atoms with Crippen molar-refractivity contribution in [1.29, 1.82) is 0 Å². The van der Waals surface area contributed by atoms with E-state index in [-0.39, 0.29) is 5.97 Å². The summed E-state index contributed by atoms with van der Waals surface area (Å²) in [4.78, 5) is 26.0. The smallest absolute Gasteiger partial charge is 0.320 e. The molecule has 7 heteroatoms. The van der Waals surface area contributed by atoms with Crippen LogP contribution >= 0.6 is 11.6 Å². The molecule has 2 aliphatic rings. The highest BCUT2D eigenvalue weighted by atomic mass is 35.5. The molecule has 0 radical (unpaired) electrons. The summed E-state index contributed by atoms with van der Waals surface area (Å²) in [6.07, 6.45) is 6.04. The van der Waals surface area contributed by atoms with Gasteiger partial charge in [0.2, 0.25) is 0 Å². The highest BCUT2D eigenvalue weighted by Crippen LogP contribution is 2.39. The summed E-state index contributed by atoms with van der Waals surface area (Å²) in [6.45, 7) is 6.12. The van der Waals surface area contributed by atoms with Crippen molar-refractivity contribution in [2.75, 3.05) is 18.5 Å². The lowest BCUT2D eigenvalue weighted by Gasteiger charge is -2.42. The van der Waals surface area contributed by atoms with Gasteiger partial charge in [-0.25, -0.2) is 4.98 Å².